The molecule has 2 aromatic rings. The molecule has 0 saturated heterocycles. The van der Waals surface area contributed by atoms with Gasteiger partial charge in [0.05, 0.1) is 18.9 Å². The molecule has 2 N–H and O–H groups in total. The number of para-hydroxylation sites is 1. The number of aliphatic hydroxyl groups excluding tert-OH is 1. The summed E-state index contributed by atoms with van der Waals surface area (Å²) in [6.45, 7) is 6.69. The lowest BCUT2D eigenvalue weighted by atomic mass is 9.95. The van der Waals surface area contributed by atoms with Crippen molar-refractivity contribution in [2.24, 2.45) is 5.92 Å². The number of carbonyl (C=O) groups excluding carboxylic acids is 1. The van der Waals surface area contributed by atoms with Gasteiger partial charge in [-0.1, -0.05) is 37.3 Å². The number of hydrogen-bond donors (Lipinski definition) is 2. The van der Waals surface area contributed by atoms with Crippen molar-refractivity contribution < 1.29 is 23.4 Å². The van der Waals surface area contributed by atoms with Crippen molar-refractivity contribution in [3.8, 4) is 5.75 Å². The van der Waals surface area contributed by atoms with Gasteiger partial charge in [0.2, 0.25) is 0 Å². The third-order valence-electron chi connectivity index (χ3n) is 4.31. The fourth-order valence-electron chi connectivity index (χ4n) is 2.91. The quantitative estimate of drug-likeness (QED) is 0.464. The van der Waals surface area contributed by atoms with Crippen LogP contribution in [0.25, 0.3) is 0 Å². The molecule has 0 fully saturated rings. The zero-order valence-electron chi connectivity index (χ0n) is 16.3. The zero-order chi connectivity index (χ0) is 20.9. The summed E-state index contributed by atoms with van der Waals surface area (Å²) in [6.07, 6.45) is 2.82. The Morgan fingerprint density at radius 1 is 1.25 bits per heavy atom. The first-order valence-electron chi connectivity index (χ1n) is 9.05. The van der Waals surface area contributed by atoms with Crippen LogP contribution in [-0.4, -0.2) is 27.3 Å². The van der Waals surface area contributed by atoms with Crippen LogP contribution in [0.1, 0.15) is 36.5 Å². The number of ether oxygens (including phenoxy) is 1. The molecule has 154 valence electrons. The Labute approximate surface area is 169 Å². The Balaban J connectivity index is 0.00000190. The lowest BCUT2D eigenvalue weighted by Crippen LogP contribution is -2.08. The van der Waals surface area contributed by atoms with E-state index in [0.29, 0.717) is 23.8 Å². The highest BCUT2D eigenvalue weighted by Crippen LogP contribution is 2.22. The van der Waals surface area contributed by atoms with Crippen LogP contribution in [0.5, 0.6) is 5.75 Å². The Morgan fingerprint density at radius 2 is 1.96 bits per heavy atom. The molecule has 6 nitrogen and oxygen atoms in total. The second-order valence-electron chi connectivity index (χ2n) is 6.55. The first-order valence-corrected chi connectivity index (χ1v) is 10.1. The summed E-state index contributed by atoms with van der Waals surface area (Å²) in [7, 11) is 0. The van der Waals surface area contributed by atoms with Gasteiger partial charge in [-0.2, -0.15) is 0 Å². The number of nitrogens with one attached hydrogen (secondary N) is 1. The fourth-order valence-corrected chi connectivity index (χ4v) is 3.28. The number of carbonyl (C=O) groups is 1. The summed E-state index contributed by atoms with van der Waals surface area (Å²) in [6, 6.07) is 13.5. The highest BCUT2D eigenvalue weighted by molar-refractivity contribution is 7.80. The fraction of sp³-hybridized carbons (Fsp3) is 0.381. The average Bonchev–Trinajstić information content (AvgIpc) is 2.68. The normalized spacial score (nSPS) is 12.4. The van der Waals surface area contributed by atoms with E-state index in [1.165, 1.54) is 0 Å². The van der Waals surface area contributed by atoms with Crippen molar-refractivity contribution in [2.45, 2.75) is 39.7 Å². The van der Waals surface area contributed by atoms with Crippen LogP contribution in [0, 0.1) is 12.8 Å². The lowest BCUT2D eigenvalue weighted by molar-refractivity contribution is -0.0980. The Bertz CT molecular complexity index is 753. The molecular weight excluding hydrogens is 378 g/mol. The molecule has 0 radical (unpaired) electrons. The van der Waals surface area contributed by atoms with Crippen LogP contribution in [-0.2, 0) is 29.1 Å². The molecule has 28 heavy (non-hydrogen) atoms. The first kappa shape index (κ1) is 23.8. The van der Waals surface area contributed by atoms with E-state index in [4.69, 9.17) is 9.53 Å². The van der Waals surface area contributed by atoms with Crippen molar-refractivity contribution in [3.63, 3.8) is 0 Å². The highest BCUT2D eigenvalue weighted by atomic mass is 32.2. The van der Waals surface area contributed by atoms with Crippen LogP contribution in [0.4, 0.5) is 5.69 Å². The summed E-state index contributed by atoms with van der Waals surface area (Å²) in [5, 5.41) is 9.31. The van der Waals surface area contributed by atoms with Gasteiger partial charge in [0.15, 0.2) is 0 Å². The second-order valence-corrected chi connectivity index (χ2v) is 7.23. The van der Waals surface area contributed by atoms with Crippen LogP contribution in [0.15, 0.2) is 42.5 Å². The largest absolute Gasteiger partial charge is 0.755 e. The predicted molar refractivity (Wildman–Crippen MR) is 111 cm³/mol. The zero-order valence-corrected chi connectivity index (χ0v) is 17.2. The number of rotatable bonds is 10. The van der Waals surface area contributed by atoms with Crippen molar-refractivity contribution in [1.82, 2.24) is 0 Å². The second kappa shape index (κ2) is 13.0. The molecule has 0 aliphatic carbocycles. The van der Waals surface area contributed by atoms with Crippen LogP contribution in [0.3, 0.4) is 0 Å². The number of benzene rings is 2. The summed E-state index contributed by atoms with van der Waals surface area (Å²) >= 11 is -2.40. The monoisotopic (exact) mass is 406 g/mol. The predicted octanol–water partition coefficient (Wildman–Crippen LogP) is 3.55. The highest BCUT2D eigenvalue weighted by Gasteiger charge is 2.08. The van der Waals surface area contributed by atoms with Gasteiger partial charge in [0, 0.05) is 16.8 Å². The van der Waals surface area contributed by atoms with Gasteiger partial charge in [0.1, 0.15) is 12.5 Å². The van der Waals surface area contributed by atoms with Crippen molar-refractivity contribution in [1.29, 1.82) is 0 Å². The van der Waals surface area contributed by atoms with E-state index in [-0.39, 0.29) is 6.61 Å². The molecule has 0 heterocycles. The summed E-state index contributed by atoms with van der Waals surface area (Å²) < 4.78 is 29.9. The van der Waals surface area contributed by atoms with Crippen LogP contribution in [0.2, 0.25) is 0 Å². The van der Waals surface area contributed by atoms with E-state index >= 15 is 0 Å². The Hall–Kier alpha value is -2.22. The molecule has 0 bridgehead atoms. The number of aryl methyl sites for hydroxylation is 1. The van der Waals surface area contributed by atoms with Gasteiger partial charge in [-0.05, 0) is 55.4 Å². The SMILES string of the molecule is C=O.Cc1ccccc1OCCC[C@H](C)Cc1ccc(CO)c(NS(=O)[O-])c1. The number of hydrogen-bond acceptors (Lipinski definition) is 5. The molecule has 0 aliphatic rings. The van der Waals surface area contributed by atoms with Crippen molar-refractivity contribution in [3.05, 3.63) is 59.2 Å². The summed E-state index contributed by atoms with van der Waals surface area (Å²) in [4.78, 5) is 8.00. The minimum atomic E-state index is -2.40. The number of aliphatic hydroxyl groups is 1. The first-order chi connectivity index (χ1) is 13.5. The van der Waals surface area contributed by atoms with Crippen molar-refractivity contribution in [2.75, 3.05) is 11.3 Å². The van der Waals surface area contributed by atoms with Gasteiger partial charge >= 0.3 is 0 Å². The lowest BCUT2D eigenvalue weighted by Gasteiger charge is -2.16. The van der Waals surface area contributed by atoms with E-state index in [9.17, 15) is 13.9 Å². The third kappa shape index (κ3) is 8.21. The van der Waals surface area contributed by atoms with E-state index < -0.39 is 11.3 Å². The molecule has 0 amide bonds. The maximum atomic E-state index is 10.9. The Kier molecular flexibility index (Phi) is 11.1. The molecule has 0 saturated carbocycles. The van der Waals surface area contributed by atoms with Crippen LogP contribution >= 0.6 is 0 Å². The molecule has 2 rings (SSSR count). The smallest absolute Gasteiger partial charge is 0.122 e. The Morgan fingerprint density at radius 3 is 2.61 bits per heavy atom. The van der Waals surface area contributed by atoms with Gasteiger partial charge in [-0.15, -0.1) is 0 Å². The standard InChI is InChI=1S/C20H27NO4S.CH2O/c1-15(6-5-11-25-20-8-4-3-7-16(20)2)12-17-9-10-18(14-22)19(13-17)21-26(23)24;1-2/h3-4,7-10,13,15,21-22H,5-6,11-12,14H2,1-2H3,(H,23,24);1H2/p-1/t15-;/m0./s1. The van der Waals surface area contributed by atoms with Crippen molar-refractivity contribution >= 4 is 23.7 Å². The minimum Gasteiger partial charge on any atom is -0.755 e. The maximum Gasteiger partial charge on any atom is 0.122 e. The molecule has 1 unspecified atom stereocenters. The van der Waals surface area contributed by atoms with E-state index in [1.807, 2.05) is 44.0 Å². The molecule has 0 aliphatic heterocycles. The van der Waals surface area contributed by atoms with Gasteiger partial charge in [-0.25, -0.2) is 0 Å². The molecule has 7 heteroatoms. The summed E-state index contributed by atoms with van der Waals surface area (Å²) in [5.74, 6) is 1.38. The van der Waals surface area contributed by atoms with E-state index in [2.05, 4.69) is 11.6 Å². The molecule has 2 atom stereocenters. The molecule has 0 aromatic heterocycles. The molecular formula is C21H28NO5S-. The maximum absolute atomic E-state index is 10.9. The third-order valence-corrected chi connectivity index (χ3v) is 4.70. The van der Waals surface area contributed by atoms with Gasteiger partial charge in [-0.3, -0.25) is 4.21 Å². The van der Waals surface area contributed by atoms with Gasteiger partial charge < -0.3 is 23.9 Å². The topological polar surface area (TPSA) is 98.7 Å². The van der Waals surface area contributed by atoms with E-state index in [0.717, 1.165) is 36.1 Å². The molecule has 2 aromatic carbocycles. The van der Waals surface area contributed by atoms with Crippen LogP contribution < -0.4 is 9.46 Å². The summed E-state index contributed by atoms with van der Waals surface area (Å²) in [5.41, 5.74) is 3.19. The average molecular weight is 407 g/mol. The van der Waals surface area contributed by atoms with Gasteiger partial charge in [0.25, 0.3) is 0 Å². The van der Waals surface area contributed by atoms with E-state index in [1.54, 1.807) is 12.1 Å². The molecule has 0 spiro atoms. The minimum absolute atomic E-state index is 0.203. The number of anilines is 1.